The summed E-state index contributed by atoms with van der Waals surface area (Å²) in [4.78, 5) is 27.5. The maximum atomic E-state index is 13.2. The van der Waals surface area contributed by atoms with E-state index in [-0.39, 0.29) is 36.2 Å². The molecule has 0 unspecified atom stereocenters. The molecule has 5 rings (SSSR count). The molecule has 0 radical (unpaired) electrons. The summed E-state index contributed by atoms with van der Waals surface area (Å²) in [5.41, 5.74) is -0.392. The number of hydrogen-bond acceptors (Lipinski definition) is 6. The molecule has 2 aliphatic rings. The van der Waals surface area contributed by atoms with E-state index < -0.39 is 17.6 Å². The minimum Gasteiger partial charge on any atom is -0.472 e. The third kappa shape index (κ3) is 5.56. The van der Waals surface area contributed by atoms with Crippen LogP contribution in [0, 0.1) is 0 Å². The predicted octanol–water partition coefficient (Wildman–Crippen LogP) is 3.77. The Morgan fingerprint density at radius 1 is 1.05 bits per heavy atom. The Morgan fingerprint density at radius 3 is 2.51 bits per heavy atom. The number of ether oxygens (including phenoxy) is 1. The van der Waals surface area contributed by atoms with E-state index in [4.69, 9.17) is 9.26 Å². The maximum absolute atomic E-state index is 13.2. The zero-order valence-corrected chi connectivity index (χ0v) is 20.0. The summed E-state index contributed by atoms with van der Waals surface area (Å²) in [6.07, 6.45) is -1.70. The zero-order valence-electron chi connectivity index (χ0n) is 20.0. The van der Waals surface area contributed by atoms with Crippen molar-refractivity contribution in [2.75, 3.05) is 19.6 Å². The predicted molar refractivity (Wildman–Crippen MR) is 128 cm³/mol. The first-order valence-electron chi connectivity index (χ1n) is 12.3. The molecule has 2 amide bonds. The molecule has 1 saturated carbocycles. The van der Waals surface area contributed by atoms with Gasteiger partial charge in [-0.1, -0.05) is 18.2 Å². The monoisotopic (exact) mass is 516 g/mol. The summed E-state index contributed by atoms with van der Waals surface area (Å²) in [6, 6.07) is 11.6. The van der Waals surface area contributed by atoms with Gasteiger partial charge >= 0.3 is 6.18 Å². The zero-order chi connectivity index (χ0) is 26.0. The van der Waals surface area contributed by atoms with E-state index in [2.05, 4.69) is 15.8 Å². The van der Waals surface area contributed by atoms with Gasteiger partial charge < -0.3 is 24.8 Å². The summed E-state index contributed by atoms with van der Waals surface area (Å²) < 4.78 is 50.3. The third-order valence-corrected chi connectivity index (χ3v) is 6.95. The average molecular weight is 517 g/mol. The second-order valence-corrected chi connectivity index (χ2v) is 9.41. The number of rotatable bonds is 7. The van der Waals surface area contributed by atoms with Crippen molar-refractivity contribution >= 4 is 22.8 Å². The Balaban J connectivity index is 1.18. The smallest absolute Gasteiger partial charge is 0.416 e. The van der Waals surface area contributed by atoms with E-state index in [0.29, 0.717) is 24.6 Å². The van der Waals surface area contributed by atoms with Crippen molar-refractivity contribution in [1.29, 1.82) is 0 Å². The highest BCUT2D eigenvalue weighted by Crippen LogP contribution is 2.32. The molecule has 0 bridgehead atoms. The molecule has 2 fully saturated rings. The van der Waals surface area contributed by atoms with Crippen LogP contribution in [0.3, 0.4) is 0 Å². The van der Waals surface area contributed by atoms with Gasteiger partial charge in [-0.05, 0) is 61.2 Å². The number of para-hydroxylation sites is 1. The second-order valence-electron chi connectivity index (χ2n) is 9.41. The number of aromatic nitrogens is 1. The lowest BCUT2D eigenvalue weighted by Crippen LogP contribution is -2.63. The molecule has 3 aromatic rings. The molecule has 2 heterocycles. The normalized spacial score (nSPS) is 20.3. The van der Waals surface area contributed by atoms with Gasteiger partial charge in [-0.3, -0.25) is 9.59 Å². The van der Waals surface area contributed by atoms with E-state index >= 15 is 0 Å². The fourth-order valence-electron chi connectivity index (χ4n) is 4.91. The SMILES string of the molecule is O=C(NCC(=O)N(C1CCC(Oc2noc3ccccc23)CC1)C1CNC1)c1cccc(C(F)(F)F)c1. The molecule has 1 aliphatic carbocycles. The van der Waals surface area contributed by atoms with Crippen molar-refractivity contribution < 1.29 is 32.0 Å². The summed E-state index contributed by atoms with van der Waals surface area (Å²) in [7, 11) is 0. The van der Waals surface area contributed by atoms with Gasteiger partial charge in [-0.25, -0.2) is 0 Å². The van der Waals surface area contributed by atoms with Gasteiger partial charge in [-0.15, -0.1) is 0 Å². The van der Waals surface area contributed by atoms with Crippen molar-refractivity contribution in [1.82, 2.24) is 20.7 Å². The quantitative estimate of drug-likeness (QED) is 0.497. The fourth-order valence-corrected chi connectivity index (χ4v) is 4.91. The Bertz CT molecular complexity index is 1270. The van der Waals surface area contributed by atoms with Crippen molar-refractivity contribution in [3.05, 3.63) is 59.7 Å². The van der Waals surface area contributed by atoms with E-state index in [1.807, 2.05) is 29.2 Å². The maximum Gasteiger partial charge on any atom is 0.416 e. The number of benzene rings is 2. The van der Waals surface area contributed by atoms with Gasteiger partial charge in [0.05, 0.1) is 23.5 Å². The molecule has 8 nitrogen and oxygen atoms in total. The summed E-state index contributed by atoms with van der Waals surface area (Å²) in [5, 5.41) is 10.5. The highest BCUT2D eigenvalue weighted by Gasteiger charge is 2.37. The van der Waals surface area contributed by atoms with Gasteiger partial charge in [0.1, 0.15) is 6.10 Å². The number of alkyl halides is 3. The van der Waals surface area contributed by atoms with E-state index in [1.54, 1.807) is 0 Å². The lowest BCUT2D eigenvalue weighted by molar-refractivity contribution is -0.138. The molecule has 2 aromatic carbocycles. The molecular formula is C26H27F3N4O4. The number of carbonyl (C=O) groups is 2. The van der Waals surface area contributed by atoms with Crippen LogP contribution in [-0.4, -0.2) is 59.7 Å². The molecule has 196 valence electrons. The van der Waals surface area contributed by atoms with Crippen LogP contribution in [0.5, 0.6) is 5.88 Å². The lowest BCUT2D eigenvalue weighted by atomic mass is 9.90. The molecule has 0 atom stereocenters. The lowest BCUT2D eigenvalue weighted by Gasteiger charge is -2.45. The van der Waals surface area contributed by atoms with Crippen molar-refractivity contribution in [3.8, 4) is 5.88 Å². The number of carbonyl (C=O) groups excluding carboxylic acids is 2. The number of hydrogen-bond donors (Lipinski definition) is 2. The van der Waals surface area contributed by atoms with E-state index in [0.717, 1.165) is 43.2 Å². The van der Waals surface area contributed by atoms with Crippen LogP contribution in [-0.2, 0) is 11.0 Å². The van der Waals surface area contributed by atoms with Crippen LogP contribution in [0.2, 0.25) is 0 Å². The van der Waals surface area contributed by atoms with Gasteiger partial charge in [0.2, 0.25) is 5.91 Å². The fraction of sp³-hybridized carbons (Fsp3) is 0.423. The summed E-state index contributed by atoms with van der Waals surface area (Å²) in [6.45, 7) is 1.04. The standard InChI is InChI=1S/C26H27F3N4O4/c27-26(28,29)17-5-3-4-16(12-17)24(35)31-15-23(34)33(19-13-30-14-19)18-8-10-20(11-9-18)36-25-21-6-1-2-7-22(21)37-32-25/h1-7,12,18-20,30H,8-11,13-15H2,(H,31,35). The number of nitrogens with one attached hydrogen (secondary N) is 2. The largest absolute Gasteiger partial charge is 0.472 e. The van der Waals surface area contributed by atoms with Crippen molar-refractivity contribution in [3.63, 3.8) is 0 Å². The molecule has 37 heavy (non-hydrogen) atoms. The highest BCUT2D eigenvalue weighted by atomic mass is 19.4. The Morgan fingerprint density at radius 2 is 1.81 bits per heavy atom. The Labute approximate surface area is 211 Å². The van der Waals surface area contributed by atoms with Gasteiger partial charge in [0, 0.05) is 24.7 Å². The number of fused-ring (bicyclic) bond motifs is 1. The van der Waals surface area contributed by atoms with Crippen molar-refractivity contribution in [2.45, 2.75) is 50.0 Å². The minimum absolute atomic E-state index is 0.0138. The second kappa shape index (κ2) is 10.4. The topological polar surface area (TPSA) is 96.7 Å². The molecule has 11 heteroatoms. The van der Waals surface area contributed by atoms with Crippen LogP contribution < -0.4 is 15.4 Å². The third-order valence-electron chi connectivity index (χ3n) is 6.95. The summed E-state index contributed by atoms with van der Waals surface area (Å²) >= 11 is 0. The summed E-state index contributed by atoms with van der Waals surface area (Å²) in [5.74, 6) is -0.505. The van der Waals surface area contributed by atoms with Crippen LogP contribution in [0.4, 0.5) is 13.2 Å². The van der Waals surface area contributed by atoms with Crippen LogP contribution >= 0.6 is 0 Å². The van der Waals surface area contributed by atoms with Crippen LogP contribution in [0.25, 0.3) is 11.0 Å². The van der Waals surface area contributed by atoms with Gasteiger partial charge in [0.15, 0.2) is 5.58 Å². The Hall–Kier alpha value is -3.60. The minimum atomic E-state index is -4.55. The van der Waals surface area contributed by atoms with E-state index in [9.17, 15) is 22.8 Å². The molecule has 1 aliphatic heterocycles. The first-order valence-corrected chi connectivity index (χ1v) is 12.3. The number of halogens is 3. The molecule has 1 saturated heterocycles. The number of amides is 2. The van der Waals surface area contributed by atoms with Crippen molar-refractivity contribution in [2.24, 2.45) is 0 Å². The Kier molecular flexibility index (Phi) is 7.05. The first kappa shape index (κ1) is 25.1. The molecule has 1 aromatic heterocycles. The molecular weight excluding hydrogens is 489 g/mol. The molecule has 0 spiro atoms. The number of nitrogens with zero attached hydrogens (tertiary/aromatic N) is 2. The van der Waals surface area contributed by atoms with Crippen LogP contribution in [0.15, 0.2) is 53.1 Å². The molecule has 2 N–H and O–H groups in total. The average Bonchev–Trinajstić information content (AvgIpc) is 3.27. The van der Waals surface area contributed by atoms with E-state index in [1.165, 1.54) is 12.1 Å². The van der Waals surface area contributed by atoms with Crippen LogP contribution in [0.1, 0.15) is 41.6 Å². The van der Waals surface area contributed by atoms with Gasteiger partial charge in [-0.2, -0.15) is 13.2 Å². The first-order chi connectivity index (χ1) is 17.8. The van der Waals surface area contributed by atoms with Gasteiger partial charge in [0.25, 0.3) is 11.8 Å². The highest BCUT2D eigenvalue weighted by molar-refractivity contribution is 5.96.